The number of piperidine rings is 1. The Labute approximate surface area is 181 Å². The predicted molar refractivity (Wildman–Crippen MR) is 122 cm³/mol. The van der Waals surface area contributed by atoms with Crippen LogP contribution >= 0.6 is 0 Å². The van der Waals surface area contributed by atoms with E-state index in [9.17, 15) is 5.11 Å². The zero-order valence-electron chi connectivity index (χ0n) is 18.6. The minimum absolute atomic E-state index is 0.0215. The molecule has 4 nitrogen and oxygen atoms in total. The van der Waals surface area contributed by atoms with Crippen molar-refractivity contribution in [2.75, 3.05) is 33.4 Å². The van der Waals surface area contributed by atoms with Crippen LogP contribution in [0.1, 0.15) is 49.3 Å². The van der Waals surface area contributed by atoms with Crippen LogP contribution in [0.3, 0.4) is 0 Å². The molecule has 1 N–H and O–H groups in total. The molecule has 1 unspecified atom stereocenters. The third-order valence-electron chi connectivity index (χ3n) is 6.30. The molecule has 0 aromatic heterocycles. The van der Waals surface area contributed by atoms with Crippen molar-refractivity contribution in [2.45, 2.75) is 52.2 Å². The third-order valence-corrected chi connectivity index (χ3v) is 6.30. The van der Waals surface area contributed by atoms with Gasteiger partial charge in [-0.2, -0.15) is 0 Å². The van der Waals surface area contributed by atoms with Gasteiger partial charge in [0.2, 0.25) is 0 Å². The first-order valence-electron chi connectivity index (χ1n) is 11.3. The van der Waals surface area contributed by atoms with Crippen molar-refractivity contribution < 1.29 is 14.6 Å². The van der Waals surface area contributed by atoms with Crippen LogP contribution in [0, 0.1) is 5.41 Å². The number of aliphatic hydroxyl groups is 1. The fourth-order valence-corrected chi connectivity index (χ4v) is 4.68. The molecule has 164 valence electrons. The van der Waals surface area contributed by atoms with E-state index in [1.54, 1.807) is 7.11 Å². The number of nitrogens with zero attached hydrogens (tertiary/aromatic N) is 1. The number of benzene rings is 2. The topological polar surface area (TPSA) is 41.9 Å². The van der Waals surface area contributed by atoms with Gasteiger partial charge in [0, 0.05) is 37.3 Å². The van der Waals surface area contributed by atoms with E-state index in [4.69, 9.17) is 9.47 Å². The predicted octanol–water partition coefficient (Wildman–Crippen LogP) is 4.83. The molecule has 3 rings (SSSR count). The molecule has 1 atom stereocenters. The second-order valence-electron chi connectivity index (χ2n) is 8.59. The molecule has 0 bridgehead atoms. The maximum atomic E-state index is 10.3. The standard InChI is InChI=1S/C26H37NO3/c1-3-30-19-24-17-23(12-13-25(24)29-2)18-27-16-8-15-26(20-27,21-28)14-7-11-22-9-5-4-6-10-22/h4-6,9-10,12-13,17,28H,3,7-8,11,14-16,18-21H2,1-2H3. The van der Waals surface area contributed by atoms with E-state index in [0.717, 1.165) is 63.1 Å². The summed E-state index contributed by atoms with van der Waals surface area (Å²) in [6.45, 7) is 6.52. The summed E-state index contributed by atoms with van der Waals surface area (Å²) in [5.74, 6) is 0.886. The summed E-state index contributed by atoms with van der Waals surface area (Å²) >= 11 is 0. The quantitative estimate of drug-likeness (QED) is 0.575. The lowest BCUT2D eigenvalue weighted by Crippen LogP contribution is -2.45. The van der Waals surface area contributed by atoms with Crippen molar-refractivity contribution in [3.05, 3.63) is 65.2 Å². The van der Waals surface area contributed by atoms with E-state index in [1.165, 1.54) is 11.1 Å². The first kappa shape index (κ1) is 22.8. The van der Waals surface area contributed by atoms with Gasteiger partial charge in [-0.25, -0.2) is 0 Å². The smallest absolute Gasteiger partial charge is 0.124 e. The van der Waals surface area contributed by atoms with Gasteiger partial charge in [0.1, 0.15) is 5.75 Å². The van der Waals surface area contributed by atoms with Crippen molar-refractivity contribution in [1.82, 2.24) is 4.90 Å². The average molecular weight is 412 g/mol. The molecule has 4 heteroatoms. The van der Waals surface area contributed by atoms with Crippen LogP contribution in [-0.4, -0.2) is 43.4 Å². The van der Waals surface area contributed by atoms with Gasteiger partial charge in [-0.3, -0.25) is 4.90 Å². The monoisotopic (exact) mass is 411 g/mol. The molecule has 0 amide bonds. The number of hydrogen-bond acceptors (Lipinski definition) is 4. The van der Waals surface area contributed by atoms with Crippen LogP contribution in [0.5, 0.6) is 5.75 Å². The molecule has 2 aromatic rings. The first-order valence-corrected chi connectivity index (χ1v) is 11.3. The Morgan fingerprint density at radius 3 is 2.67 bits per heavy atom. The van der Waals surface area contributed by atoms with Crippen molar-refractivity contribution >= 4 is 0 Å². The van der Waals surface area contributed by atoms with E-state index in [2.05, 4.69) is 47.4 Å². The van der Waals surface area contributed by atoms with Crippen molar-refractivity contribution in [2.24, 2.45) is 5.41 Å². The van der Waals surface area contributed by atoms with Crippen molar-refractivity contribution in [3.63, 3.8) is 0 Å². The molecule has 1 saturated heterocycles. The summed E-state index contributed by atoms with van der Waals surface area (Å²) in [5, 5.41) is 10.3. The lowest BCUT2D eigenvalue weighted by Gasteiger charge is -2.42. The van der Waals surface area contributed by atoms with Crippen LogP contribution in [0.4, 0.5) is 0 Å². The summed E-state index contributed by atoms with van der Waals surface area (Å²) in [6, 6.07) is 17.1. The highest BCUT2D eigenvalue weighted by atomic mass is 16.5. The Morgan fingerprint density at radius 2 is 1.93 bits per heavy atom. The number of aliphatic hydroxyl groups excluding tert-OH is 1. The van der Waals surface area contributed by atoms with Gasteiger partial charge in [0.05, 0.1) is 13.7 Å². The van der Waals surface area contributed by atoms with Gasteiger partial charge >= 0.3 is 0 Å². The minimum atomic E-state index is 0.0215. The molecule has 1 aliphatic heterocycles. The highest BCUT2D eigenvalue weighted by Crippen LogP contribution is 2.35. The van der Waals surface area contributed by atoms with E-state index in [1.807, 2.05) is 13.0 Å². The number of methoxy groups -OCH3 is 1. The second kappa shape index (κ2) is 11.5. The Hall–Kier alpha value is -1.88. The molecule has 30 heavy (non-hydrogen) atoms. The second-order valence-corrected chi connectivity index (χ2v) is 8.59. The minimum Gasteiger partial charge on any atom is -0.496 e. The van der Waals surface area contributed by atoms with Gasteiger partial charge in [-0.15, -0.1) is 0 Å². The normalized spacial score (nSPS) is 19.7. The van der Waals surface area contributed by atoms with Gasteiger partial charge in [-0.05, 0) is 68.8 Å². The Morgan fingerprint density at radius 1 is 1.10 bits per heavy atom. The number of ether oxygens (including phenoxy) is 2. The number of hydrogen-bond donors (Lipinski definition) is 1. The highest BCUT2D eigenvalue weighted by molar-refractivity contribution is 5.37. The van der Waals surface area contributed by atoms with Gasteiger partial charge in [-0.1, -0.05) is 36.4 Å². The fourth-order valence-electron chi connectivity index (χ4n) is 4.68. The molecule has 1 fully saturated rings. The lowest BCUT2D eigenvalue weighted by molar-refractivity contribution is 0.0207. The molecule has 0 saturated carbocycles. The Kier molecular flexibility index (Phi) is 8.74. The molecule has 0 radical (unpaired) electrons. The van der Waals surface area contributed by atoms with Crippen LogP contribution in [-0.2, 0) is 24.3 Å². The van der Waals surface area contributed by atoms with Crippen LogP contribution in [0.15, 0.2) is 48.5 Å². The van der Waals surface area contributed by atoms with Crippen LogP contribution < -0.4 is 4.74 Å². The van der Waals surface area contributed by atoms with Gasteiger partial charge < -0.3 is 14.6 Å². The third kappa shape index (κ3) is 6.31. The molecule has 0 spiro atoms. The Bertz CT molecular complexity index is 764. The maximum absolute atomic E-state index is 10.3. The van der Waals surface area contributed by atoms with Gasteiger partial charge in [0.15, 0.2) is 0 Å². The first-order chi connectivity index (χ1) is 14.7. The summed E-state index contributed by atoms with van der Waals surface area (Å²) in [7, 11) is 1.71. The van der Waals surface area contributed by atoms with E-state index < -0.39 is 0 Å². The average Bonchev–Trinajstić information content (AvgIpc) is 2.79. The van der Waals surface area contributed by atoms with E-state index in [-0.39, 0.29) is 12.0 Å². The highest BCUT2D eigenvalue weighted by Gasteiger charge is 2.34. The number of aryl methyl sites for hydroxylation is 1. The molecular weight excluding hydrogens is 374 g/mol. The van der Waals surface area contributed by atoms with Crippen LogP contribution in [0.25, 0.3) is 0 Å². The zero-order valence-corrected chi connectivity index (χ0v) is 18.6. The van der Waals surface area contributed by atoms with Crippen LogP contribution in [0.2, 0.25) is 0 Å². The van der Waals surface area contributed by atoms with Crippen molar-refractivity contribution in [1.29, 1.82) is 0 Å². The van der Waals surface area contributed by atoms with E-state index in [0.29, 0.717) is 13.2 Å². The van der Waals surface area contributed by atoms with Gasteiger partial charge in [0.25, 0.3) is 0 Å². The molecule has 2 aromatic carbocycles. The molecule has 1 aliphatic rings. The summed E-state index contributed by atoms with van der Waals surface area (Å²) in [5.41, 5.74) is 3.79. The summed E-state index contributed by atoms with van der Waals surface area (Å²) in [6.07, 6.45) is 5.55. The van der Waals surface area contributed by atoms with E-state index >= 15 is 0 Å². The zero-order chi connectivity index (χ0) is 21.2. The Balaban J connectivity index is 1.60. The molecule has 0 aliphatic carbocycles. The molecular formula is C26H37NO3. The maximum Gasteiger partial charge on any atom is 0.124 e. The summed E-state index contributed by atoms with van der Waals surface area (Å²) < 4.78 is 11.1. The molecule has 1 heterocycles. The number of rotatable bonds is 11. The van der Waals surface area contributed by atoms with Crippen molar-refractivity contribution in [3.8, 4) is 5.75 Å². The number of likely N-dealkylation sites (tertiary alicyclic amines) is 1. The fraction of sp³-hybridized carbons (Fsp3) is 0.538. The SMILES string of the molecule is CCOCc1cc(CN2CCCC(CO)(CCCc3ccccc3)C2)ccc1OC. The lowest BCUT2D eigenvalue weighted by atomic mass is 9.76. The summed E-state index contributed by atoms with van der Waals surface area (Å²) in [4.78, 5) is 2.51. The largest absolute Gasteiger partial charge is 0.496 e.